The molecule has 1 amide bonds. The van der Waals surface area contributed by atoms with E-state index in [2.05, 4.69) is 5.32 Å². The number of aliphatic hydroxyl groups is 3. The van der Waals surface area contributed by atoms with Gasteiger partial charge in [-0.2, -0.15) is 0 Å². The monoisotopic (exact) mass is 520 g/mol. The van der Waals surface area contributed by atoms with E-state index in [1.54, 1.807) is 6.92 Å². The van der Waals surface area contributed by atoms with Crippen LogP contribution in [-0.4, -0.2) is 109 Å². The van der Waals surface area contributed by atoms with Gasteiger partial charge in [-0.25, -0.2) is 9.59 Å². The Bertz CT molecular complexity index is 985. The Morgan fingerprint density at radius 2 is 1.83 bits per heavy atom. The van der Waals surface area contributed by atoms with Crippen molar-refractivity contribution in [2.45, 2.75) is 114 Å². The van der Waals surface area contributed by atoms with E-state index in [4.69, 9.17) is 15.0 Å². The van der Waals surface area contributed by atoms with Gasteiger partial charge in [0.15, 0.2) is 6.10 Å². The molecule has 3 aliphatic rings. The van der Waals surface area contributed by atoms with Crippen LogP contribution in [0.25, 0.3) is 0 Å². The van der Waals surface area contributed by atoms with Crippen LogP contribution in [0.5, 0.6) is 0 Å². The maximum atomic E-state index is 13.9. The smallest absolute Gasteiger partial charge is 0.335 e. The molecule has 36 heavy (non-hydrogen) atoms. The minimum atomic E-state index is -3.36. The SMILES string of the molecule is [2H]C([2H])([2H])C([2H])(N[C@@H](CCC)C(=O)O)C(=O)N1[C@H](C(=O)O[C@@H]2O[C@H](C(=O)O)[C@@H](O)[C@H](O)[C@H]2O)C[C@@H]2CCCC[C@@H]21. The van der Waals surface area contributed by atoms with Crippen LogP contribution >= 0.6 is 0 Å². The molecule has 13 nitrogen and oxygen atoms in total. The molecule has 204 valence electrons. The van der Waals surface area contributed by atoms with Crippen LogP contribution in [0.1, 0.15) is 64.2 Å². The molecular formula is C23H36N2O11. The third-order valence-corrected chi connectivity index (χ3v) is 7.05. The molecule has 0 aromatic heterocycles. The number of amides is 1. The van der Waals surface area contributed by atoms with Gasteiger partial charge in [0, 0.05) is 10.2 Å². The quantitative estimate of drug-likeness (QED) is 0.199. The second-order valence-corrected chi connectivity index (χ2v) is 9.45. The lowest BCUT2D eigenvalue weighted by atomic mass is 9.84. The minimum absolute atomic E-state index is 0.00000787. The number of likely N-dealkylation sites (tertiary alicyclic amines) is 1. The van der Waals surface area contributed by atoms with Gasteiger partial charge in [-0.15, -0.1) is 0 Å². The number of carbonyl (C=O) groups excluding carboxylic acids is 2. The fourth-order valence-electron chi connectivity index (χ4n) is 5.22. The first-order chi connectivity index (χ1) is 18.5. The Morgan fingerprint density at radius 1 is 1.14 bits per heavy atom. The van der Waals surface area contributed by atoms with E-state index in [9.17, 15) is 44.7 Å². The Hall–Kier alpha value is -2.32. The van der Waals surface area contributed by atoms with Crippen LogP contribution in [0.3, 0.4) is 0 Å². The van der Waals surface area contributed by atoms with Crippen molar-refractivity contribution in [1.82, 2.24) is 10.2 Å². The van der Waals surface area contributed by atoms with Crippen molar-refractivity contribution in [3.63, 3.8) is 0 Å². The molecule has 0 spiro atoms. The second-order valence-electron chi connectivity index (χ2n) is 9.45. The lowest BCUT2D eigenvalue weighted by Gasteiger charge is -2.39. The first kappa shape index (κ1) is 22.8. The maximum Gasteiger partial charge on any atom is 0.335 e. The van der Waals surface area contributed by atoms with Crippen molar-refractivity contribution >= 4 is 23.8 Å². The molecule has 0 aromatic rings. The number of hydrogen-bond acceptors (Lipinski definition) is 10. The maximum absolute atomic E-state index is 13.9. The van der Waals surface area contributed by atoms with Gasteiger partial charge in [-0.05, 0) is 38.5 Å². The largest absolute Gasteiger partial charge is 0.480 e. The van der Waals surface area contributed by atoms with Crippen LogP contribution in [0.4, 0.5) is 0 Å². The Balaban J connectivity index is 1.94. The van der Waals surface area contributed by atoms with Gasteiger partial charge in [0.2, 0.25) is 12.2 Å². The number of carboxylic acid groups (broad SMARTS) is 2. The third-order valence-electron chi connectivity index (χ3n) is 7.05. The zero-order valence-electron chi connectivity index (χ0n) is 23.8. The highest BCUT2D eigenvalue weighted by Gasteiger charge is 2.52. The van der Waals surface area contributed by atoms with Gasteiger partial charge in [0.1, 0.15) is 30.4 Å². The number of hydrogen-bond donors (Lipinski definition) is 6. The highest BCUT2D eigenvalue weighted by molar-refractivity contribution is 5.89. The minimum Gasteiger partial charge on any atom is -0.480 e. The summed E-state index contributed by atoms with van der Waals surface area (Å²) in [5.41, 5.74) is 0. The van der Waals surface area contributed by atoms with Crippen molar-refractivity contribution in [3.8, 4) is 0 Å². The third kappa shape index (κ3) is 5.80. The number of carbonyl (C=O) groups is 4. The van der Waals surface area contributed by atoms with Crippen LogP contribution in [0.15, 0.2) is 0 Å². The number of rotatable bonds is 9. The number of esters is 1. The molecule has 3 rings (SSSR count). The van der Waals surface area contributed by atoms with Gasteiger partial charge >= 0.3 is 17.9 Å². The molecular weight excluding hydrogens is 480 g/mol. The van der Waals surface area contributed by atoms with Crippen LogP contribution in [0.2, 0.25) is 0 Å². The number of carboxylic acids is 2. The summed E-state index contributed by atoms with van der Waals surface area (Å²) in [6, 6.07) is -6.84. The average molecular weight is 521 g/mol. The highest BCUT2D eigenvalue weighted by atomic mass is 16.7. The van der Waals surface area contributed by atoms with Gasteiger partial charge in [0.05, 0.1) is 7.39 Å². The molecule has 2 aliphatic heterocycles. The molecule has 10 atom stereocenters. The summed E-state index contributed by atoms with van der Waals surface area (Å²) in [5, 5.41) is 51.2. The van der Waals surface area contributed by atoms with Crippen molar-refractivity contribution in [1.29, 1.82) is 0 Å². The zero-order chi connectivity index (χ0) is 30.2. The van der Waals surface area contributed by atoms with Crippen molar-refractivity contribution in [2.24, 2.45) is 5.92 Å². The fraction of sp³-hybridized carbons (Fsp3) is 0.826. The summed E-state index contributed by atoms with van der Waals surface area (Å²) < 4.78 is 42.8. The van der Waals surface area contributed by atoms with Crippen LogP contribution < -0.4 is 5.32 Å². The van der Waals surface area contributed by atoms with E-state index in [1.165, 1.54) is 0 Å². The van der Waals surface area contributed by atoms with Crippen molar-refractivity contribution in [2.75, 3.05) is 0 Å². The molecule has 2 heterocycles. The van der Waals surface area contributed by atoms with E-state index in [0.29, 0.717) is 25.7 Å². The Labute approximate surface area is 214 Å². The number of nitrogens with one attached hydrogen (secondary N) is 1. The van der Waals surface area contributed by atoms with Crippen LogP contribution in [0, 0.1) is 5.92 Å². The van der Waals surface area contributed by atoms with Crippen molar-refractivity contribution in [3.05, 3.63) is 0 Å². The molecule has 2 saturated heterocycles. The molecule has 13 heteroatoms. The van der Waals surface area contributed by atoms with E-state index >= 15 is 0 Å². The lowest BCUT2D eigenvalue weighted by molar-refractivity contribution is -0.287. The predicted molar refractivity (Wildman–Crippen MR) is 120 cm³/mol. The fourth-order valence-corrected chi connectivity index (χ4v) is 5.22. The molecule has 0 aromatic carbocycles. The first-order valence-corrected chi connectivity index (χ1v) is 12.0. The summed E-state index contributed by atoms with van der Waals surface area (Å²) >= 11 is 0. The molecule has 1 aliphatic carbocycles. The van der Waals surface area contributed by atoms with Gasteiger partial charge in [0.25, 0.3) is 0 Å². The lowest BCUT2D eigenvalue weighted by Crippen LogP contribution is -2.61. The number of fused-ring (bicyclic) bond motifs is 1. The predicted octanol–water partition coefficient (Wildman–Crippen LogP) is -1.19. The standard InChI is InChI=1S/C23H36N2O11/c1-3-6-12(20(30)31)24-10(2)19(29)25-13-8-5-4-7-11(13)9-14(25)22(34)36-23-17(28)15(26)16(27)18(35-23)21(32)33/h10-18,23-24,26-28H,3-9H2,1-2H3,(H,30,31)(H,32,33)/t10?,11-,12-,13-,14-,15-,16-,17+,18-,23-/m0/s1/i2D3,10D. The Kier molecular flexibility index (Phi) is 7.50. The molecule has 3 fully saturated rings. The van der Waals surface area contributed by atoms with Gasteiger partial charge in [-0.1, -0.05) is 26.2 Å². The summed E-state index contributed by atoms with van der Waals surface area (Å²) in [4.78, 5) is 51.4. The molecule has 0 bridgehead atoms. The Morgan fingerprint density at radius 3 is 2.44 bits per heavy atom. The van der Waals surface area contributed by atoms with E-state index in [1.807, 2.05) is 0 Å². The van der Waals surface area contributed by atoms with E-state index in [-0.39, 0.29) is 18.8 Å². The summed E-state index contributed by atoms with van der Waals surface area (Å²) in [5.74, 6) is -6.00. The highest BCUT2D eigenvalue weighted by Crippen LogP contribution is 2.41. The van der Waals surface area contributed by atoms with E-state index < -0.39 is 85.5 Å². The topological polar surface area (TPSA) is 203 Å². The van der Waals surface area contributed by atoms with Crippen molar-refractivity contribution < 1.29 is 59.7 Å². The average Bonchev–Trinajstić information content (AvgIpc) is 3.26. The summed E-state index contributed by atoms with van der Waals surface area (Å²) in [7, 11) is 0. The molecule has 6 N–H and O–H groups in total. The second kappa shape index (κ2) is 11.8. The summed E-state index contributed by atoms with van der Waals surface area (Å²) in [6.07, 6.45) is -7.64. The number of ether oxygens (including phenoxy) is 2. The number of nitrogens with zero attached hydrogens (tertiary/aromatic N) is 1. The normalized spacial score (nSPS) is 38.8. The number of aliphatic carboxylic acids is 2. The first-order valence-electron chi connectivity index (χ1n) is 14.0. The molecule has 1 saturated carbocycles. The molecule has 1 unspecified atom stereocenters. The summed E-state index contributed by atoms with van der Waals surface area (Å²) in [6.45, 7) is -1.71. The zero-order valence-corrected chi connectivity index (χ0v) is 19.8. The number of aliphatic hydroxyl groups excluding tert-OH is 3. The van der Waals surface area contributed by atoms with Gasteiger partial charge in [-0.3, -0.25) is 14.9 Å². The molecule has 0 radical (unpaired) electrons. The van der Waals surface area contributed by atoms with Crippen LogP contribution in [-0.2, 0) is 28.7 Å². The van der Waals surface area contributed by atoms with E-state index in [0.717, 1.165) is 11.3 Å². The van der Waals surface area contributed by atoms with Gasteiger partial charge < -0.3 is 39.9 Å².